The lowest BCUT2D eigenvalue weighted by molar-refractivity contribution is -0.122. The van der Waals surface area contributed by atoms with Crippen molar-refractivity contribution in [1.29, 1.82) is 0 Å². The van der Waals surface area contributed by atoms with Gasteiger partial charge in [-0.15, -0.1) is 0 Å². The van der Waals surface area contributed by atoms with Crippen molar-refractivity contribution in [2.45, 2.75) is 52.0 Å². The van der Waals surface area contributed by atoms with Crippen molar-refractivity contribution in [2.24, 2.45) is 17.6 Å². The summed E-state index contributed by atoms with van der Waals surface area (Å²) in [5, 5.41) is 3.13. The van der Waals surface area contributed by atoms with Gasteiger partial charge in [-0.2, -0.15) is 0 Å². The van der Waals surface area contributed by atoms with E-state index in [1.54, 1.807) is 0 Å². The van der Waals surface area contributed by atoms with E-state index in [1.807, 2.05) is 0 Å². The molecule has 0 saturated heterocycles. The molecular weight excluding hydrogens is 188 g/mol. The van der Waals surface area contributed by atoms with Crippen LogP contribution in [0.1, 0.15) is 46.0 Å². The van der Waals surface area contributed by atoms with Crippen molar-refractivity contribution >= 4 is 5.91 Å². The van der Waals surface area contributed by atoms with Gasteiger partial charge < -0.3 is 11.1 Å². The molecule has 3 unspecified atom stereocenters. The molecule has 0 aromatic rings. The molecule has 15 heavy (non-hydrogen) atoms. The summed E-state index contributed by atoms with van der Waals surface area (Å²) >= 11 is 0. The second-order valence-corrected chi connectivity index (χ2v) is 4.96. The van der Waals surface area contributed by atoms with Gasteiger partial charge in [-0.25, -0.2) is 0 Å². The Balaban J connectivity index is 2.18. The van der Waals surface area contributed by atoms with Crippen LogP contribution in [-0.4, -0.2) is 18.5 Å². The molecule has 0 radical (unpaired) electrons. The highest BCUT2D eigenvalue weighted by Gasteiger charge is 2.24. The first-order valence-electron chi connectivity index (χ1n) is 6.13. The van der Waals surface area contributed by atoms with Crippen molar-refractivity contribution < 1.29 is 4.79 Å². The fourth-order valence-corrected chi connectivity index (χ4v) is 2.13. The third-order valence-corrected chi connectivity index (χ3v) is 3.47. The molecule has 0 aromatic heterocycles. The SMILES string of the molecule is CC(CN)CCC(=O)NC1CCCC1C. The van der Waals surface area contributed by atoms with Gasteiger partial charge in [0.05, 0.1) is 0 Å². The molecule has 1 amide bonds. The maximum Gasteiger partial charge on any atom is 0.220 e. The first kappa shape index (κ1) is 12.5. The summed E-state index contributed by atoms with van der Waals surface area (Å²) in [6, 6.07) is 0.422. The molecule has 3 atom stereocenters. The molecular formula is C12H24N2O. The van der Waals surface area contributed by atoms with E-state index < -0.39 is 0 Å². The molecule has 0 bridgehead atoms. The molecule has 1 aliphatic carbocycles. The van der Waals surface area contributed by atoms with E-state index in [0.717, 1.165) is 12.8 Å². The highest BCUT2D eigenvalue weighted by molar-refractivity contribution is 5.76. The maximum absolute atomic E-state index is 11.6. The Morgan fingerprint density at radius 2 is 2.27 bits per heavy atom. The molecule has 3 heteroatoms. The van der Waals surface area contributed by atoms with E-state index in [9.17, 15) is 4.79 Å². The highest BCUT2D eigenvalue weighted by atomic mass is 16.1. The first-order valence-corrected chi connectivity index (χ1v) is 6.13. The Morgan fingerprint density at radius 1 is 1.53 bits per heavy atom. The van der Waals surface area contributed by atoms with Crippen molar-refractivity contribution in [1.82, 2.24) is 5.32 Å². The number of carbonyl (C=O) groups is 1. The number of hydrogen-bond acceptors (Lipinski definition) is 2. The minimum absolute atomic E-state index is 0.203. The standard InChI is InChI=1S/C12H24N2O/c1-9(8-13)6-7-12(15)14-11-5-3-4-10(11)2/h9-11H,3-8,13H2,1-2H3,(H,14,15). The Kier molecular flexibility index (Phi) is 5.09. The topological polar surface area (TPSA) is 55.1 Å². The fourth-order valence-electron chi connectivity index (χ4n) is 2.13. The van der Waals surface area contributed by atoms with Crippen LogP contribution in [0.15, 0.2) is 0 Å². The molecule has 0 aromatic carbocycles. The number of amides is 1. The predicted molar refractivity (Wildman–Crippen MR) is 62.4 cm³/mol. The molecule has 0 heterocycles. The Bertz CT molecular complexity index is 206. The molecule has 1 fully saturated rings. The summed E-state index contributed by atoms with van der Waals surface area (Å²) in [4.78, 5) is 11.6. The molecule has 0 aliphatic heterocycles. The van der Waals surface area contributed by atoms with E-state index in [1.165, 1.54) is 12.8 Å². The number of rotatable bonds is 5. The maximum atomic E-state index is 11.6. The van der Waals surface area contributed by atoms with Gasteiger partial charge in [0.25, 0.3) is 0 Å². The third kappa shape index (κ3) is 4.20. The summed E-state index contributed by atoms with van der Waals surface area (Å²) in [7, 11) is 0. The molecule has 3 N–H and O–H groups in total. The van der Waals surface area contributed by atoms with E-state index >= 15 is 0 Å². The molecule has 1 saturated carbocycles. The molecule has 0 spiro atoms. The zero-order valence-electron chi connectivity index (χ0n) is 9.96. The van der Waals surface area contributed by atoms with Crippen LogP contribution in [0.3, 0.4) is 0 Å². The fraction of sp³-hybridized carbons (Fsp3) is 0.917. The Hall–Kier alpha value is -0.570. The van der Waals surface area contributed by atoms with Crippen LogP contribution in [0.25, 0.3) is 0 Å². The molecule has 1 aliphatic rings. The second-order valence-electron chi connectivity index (χ2n) is 4.96. The van der Waals surface area contributed by atoms with Crippen LogP contribution in [0.4, 0.5) is 0 Å². The quantitative estimate of drug-likeness (QED) is 0.728. The first-order chi connectivity index (χ1) is 7.13. The lowest BCUT2D eigenvalue weighted by Gasteiger charge is -2.17. The van der Waals surface area contributed by atoms with Crippen molar-refractivity contribution in [3.05, 3.63) is 0 Å². The summed E-state index contributed by atoms with van der Waals surface area (Å²) in [5.74, 6) is 1.31. The summed E-state index contributed by atoms with van der Waals surface area (Å²) in [6.45, 7) is 4.99. The minimum Gasteiger partial charge on any atom is -0.353 e. The normalized spacial score (nSPS) is 27.7. The smallest absolute Gasteiger partial charge is 0.220 e. The summed E-state index contributed by atoms with van der Waals surface area (Å²) < 4.78 is 0. The van der Waals surface area contributed by atoms with Gasteiger partial charge >= 0.3 is 0 Å². The zero-order valence-corrected chi connectivity index (χ0v) is 9.96. The van der Waals surface area contributed by atoms with Crippen LogP contribution < -0.4 is 11.1 Å². The minimum atomic E-state index is 0.203. The molecule has 1 rings (SSSR count). The summed E-state index contributed by atoms with van der Waals surface area (Å²) in [6.07, 6.45) is 5.19. The average molecular weight is 212 g/mol. The second kappa shape index (κ2) is 6.11. The monoisotopic (exact) mass is 212 g/mol. The average Bonchev–Trinajstić information content (AvgIpc) is 2.61. The predicted octanol–water partition coefficient (Wildman–Crippen LogP) is 1.67. The van der Waals surface area contributed by atoms with Gasteiger partial charge in [-0.1, -0.05) is 20.3 Å². The molecule has 88 valence electrons. The summed E-state index contributed by atoms with van der Waals surface area (Å²) in [5.41, 5.74) is 5.51. The van der Waals surface area contributed by atoms with Crippen LogP contribution in [0, 0.1) is 11.8 Å². The van der Waals surface area contributed by atoms with Gasteiger partial charge in [0.2, 0.25) is 5.91 Å². The van der Waals surface area contributed by atoms with Gasteiger partial charge in [0, 0.05) is 12.5 Å². The number of nitrogens with two attached hydrogens (primary N) is 1. The van der Waals surface area contributed by atoms with Crippen LogP contribution in [0.5, 0.6) is 0 Å². The lowest BCUT2D eigenvalue weighted by Crippen LogP contribution is -2.36. The van der Waals surface area contributed by atoms with Crippen LogP contribution >= 0.6 is 0 Å². The number of hydrogen-bond donors (Lipinski definition) is 2. The van der Waals surface area contributed by atoms with Crippen molar-refractivity contribution in [3.63, 3.8) is 0 Å². The van der Waals surface area contributed by atoms with E-state index in [4.69, 9.17) is 5.73 Å². The van der Waals surface area contributed by atoms with Crippen LogP contribution in [-0.2, 0) is 4.79 Å². The number of carbonyl (C=O) groups excluding carboxylic acids is 1. The largest absolute Gasteiger partial charge is 0.353 e. The van der Waals surface area contributed by atoms with Crippen LogP contribution in [0.2, 0.25) is 0 Å². The lowest BCUT2D eigenvalue weighted by atomic mass is 10.0. The van der Waals surface area contributed by atoms with E-state index in [2.05, 4.69) is 19.2 Å². The zero-order chi connectivity index (χ0) is 11.3. The van der Waals surface area contributed by atoms with Gasteiger partial charge in [0.15, 0.2) is 0 Å². The number of nitrogens with one attached hydrogen (secondary N) is 1. The van der Waals surface area contributed by atoms with E-state index in [0.29, 0.717) is 30.8 Å². The highest BCUT2D eigenvalue weighted by Crippen LogP contribution is 2.24. The van der Waals surface area contributed by atoms with Crippen molar-refractivity contribution in [2.75, 3.05) is 6.54 Å². The van der Waals surface area contributed by atoms with E-state index in [-0.39, 0.29) is 5.91 Å². The Labute approximate surface area is 92.8 Å². The van der Waals surface area contributed by atoms with Gasteiger partial charge in [0.1, 0.15) is 0 Å². The van der Waals surface area contributed by atoms with Gasteiger partial charge in [-0.3, -0.25) is 4.79 Å². The van der Waals surface area contributed by atoms with Crippen molar-refractivity contribution in [3.8, 4) is 0 Å². The van der Waals surface area contributed by atoms with Gasteiger partial charge in [-0.05, 0) is 37.6 Å². The Morgan fingerprint density at radius 3 is 2.80 bits per heavy atom. The molecule has 3 nitrogen and oxygen atoms in total. The third-order valence-electron chi connectivity index (χ3n) is 3.47.